The lowest BCUT2D eigenvalue weighted by atomic mass is 10.2. The molecule has 84 valence electrons. The van der Waals surface area contributed by atoms with Gasteiger partial charge in [-0.15, -0.1) is 0 Å². The highest BCUT2D eigenvalue weighted by molar-refractivity contribution is 7.92. The number of rotatable bonds is 4. The fourth-order valence-corrected chi connectivity index (χ4v) is 1.72. The van der Waals surface area contributed by atoms with Crippen LogP contribution in [0.25, 0.3) is 0 Å². The number of carbonyl (C=O) groups is 1. The Labute approximate surface area is 84.5 Å². The highest BCUT2D eigenvalue weighted by Gasteiger charge is 2.21. The molecule has 0 aromatic heterocycles. The van der Waals surface area contributed by atoms with Gasteiger partial charge in [0.2, 0.25) is 0 Å². The van der Waals surface area contributed by atoms with E-state index in [0.29, 0.717) is 0 Å². The Hall–Kier alpha value is -0.620. The predicted molar refractivity (Wildman–Crippen MR) is 53.6 cm³/mol. The zero-order valence-corrected chi connectivity index (χ0v) is 9.56. The molecule has 6 heteroatoms. The normalized spacial score (nSPS) is 12.6. The van der Waals surface area contributed by atoms with E-state index >= 15 is 0 Å². The lowest BCUT2D eigenvalue weighted by molar-refractivity contribution is -0.151. The van der Waals surface area contributed by atoms with Crippen LogP contribution in [0.2, 0.25) is 0 Å². The molecule has 0 saturated carbocycles. The second-order valence-electron chi connectivity index (χ2n) is 3.97. The topological polar surface area (TPSA) is 86.5 Å². The Morgan fingerprint density at radius 2 is 1.86 bits per heavy atom. The van der Waals surface area contributed by atoms with Crippen molar-refractivity contribution in [1.29, 1.82) is 0 Å². The van der Waals surface area contributed by atoms with Gasteiger partial charge in [-0.25, -0.2) is 8.42 Å². The maximum Gasteiger partial charge on any atom is 0.321 e. The standard InChI is InChI=1S/C8H17NO4S/c1-8(2,3)13-7(10)6-14(11,12)5-4-9/h4-6,9H2,1-3H3. The van der Waals surface area contributed by atoms with Crippen LogP contribution in [0.4, 0.5) is 0 Å². The molecule has 2 N–H and O–H groups in total. The Kier molecular flexibility index (Phi) is 4.54. The van der Waals surface area contributed by atoms with E-state index in [-0.39, 0.29) is 12.3 Å². The molecule has 0 aliphatic carbocycles. The molecule has 14 heavy (non-hydrogen) atoms. The monoisotopic (exact) mass is 223 g/mol. The van der Waals surface area contributed by atoms with Crippen LogP contribution in [-0.4, -0.2) is 38.0 Å². The van der Waals surface area contributed by atoms with Crippen molar-refractivity contribution in [3.63, 3.8) is 0 Å². The fraction of sp³-hybridized carbons (Fsp3) is 0.875. The molecule has 0 bridgehead atoms. The molecule has 0 radical (unpaired) electrons. The molecule has 0 heterocycles. The maximum absolute atomic E-state index is 11.1. The molecule has 0 saturated heterocycles. The Morgan fingerprint density at radius 3 is 2.21 bits per heavy atom. The molecule has 0 atom stereocenters. The summed E-state index contributed by atoms with van der Waals surface area (Å²) in [6.07, 6.45) is 0. The summed E-state index contributed by atoms with van der Waals surface area (Å²) < 4.78 is 27.2. The van der Waals surface area contributed by atoms with E-state index in [1.165, 1.54) is 0 Å². The summed E-state index contributed by atoms with van der Waals surface area (Å²) in [7, 11) is -3.40. The minimum absolute atomic E-state index is 0.0190. The van der Waals surface area contributed by atoms with Crippen LogP contribution in [-0.2, 0) is 19.4 Å². The fourth-order valence-electron chi connectivity index (χ4n) is 0.802. The summed E-state index contributed by atoms with van der Waals surface area (Å²) in [5.74, 6) is -1.51. The quantitative estimate of drug-likeness (QED) is 0.661. The van der Waals surface area contributed by atoms with Gasteiger partial charge in [0, 0.05) is 6.54 Å². The van der Waals surface area contributed by atoms with Gasteiger partial charge in [-0.05, 0) is 20.8 Å². The van der Waals surface area contributed by atoms with Gasteiger partial charge >= 0.3 is 5.97 Å². The summed E-state index contributed by atoms with van der Waals surface area (Å²) in [5, 5.41) is 0. The number of sulfone groups is 1. The first kappa shape index (κ1) is 13.4. The van der Waals surface area contributed by atoms with Gasteiger partial charge in [0.1, 0.15) is 11.4 Å². The van der Waals surface area contributed by atoms with Gasteiger partial charge in [0.05, 0.1) is 5.75 Å². The lowest BCUT2D eigenvalue weighted by Crippen LogP contribution is -2.30. The molecule has 0 aromatic rings. The van der Waals surface area contributed by atoms with E-state index in [2.05, 4.69) is 0 Å². The number of ether oxygens (including phenoxy) is 1. The SMILES string of the molecule is CC(C)(C)OC(=O)CS(=O)(=O)CCN. The summed E-state index contributed by atoms with van der Waals surface area (Å²) in [4.78, 5) is 11.1. The van der Waals surface area contributed by atoms with Crippen molar-refractivity contribution in [2.24, 2.45) is 5.73 Å². The van der Waals surface area contributed by atoms with E-state index in [4.69, 9.17) is 10.5 Å². The Morgan fingerprint density at radius 1 is 1.36 bits per heavy atom. The minimum Gasteiger partial charge on any atom is -0.459 e. The third-order valence-corrected chi connectivity index (χ3v) is 2.72. The largest absolute Gasteiger partial charge is 0.459 e. The van der Waals surface area contributed by atoms with Gasteiger partial charge in [-0.2, -0.15) is 0 Å². The van der Waals surface area contributed by atoms with Gasteiger partial charge in [0.25, 0.3) is 0 Å². The highest BCUT2D eigenvalue weighted by Crippen LogP contribution is 2.07. The molecular formula is C8H17NO4S. The third-order valence-electron chi connectivity index (χ3n) is 1.19. The van der Waals surface area contributed by atoms with E-state index in [1.54, 1.807) is 20.8 Å². The molecule has 0 unspecified atom stereocenters. The van der Waals surface area contributed by atoms with Gasteiger partial charge in [-0.3, -0.25) is 4.79 Å². The molecule has 5 nitrogen and oxygen atoms in total. The minimum atomic E-state index is -3.40. The number of esters is 1. The highest BCUT2D eigenvalue weighted by atomic mass is 32.2. The van der Waals surface area contributed by atoms with E-state index in [1.807, 2.05) is 0 Å². The first-order valence-corrected chi connectivity index (χ1v) is 6.11. The molecule has 0 aliphatic rings. The summed E-state index contributed by atoms with van der Waals surface area (Å²) in [6.45, 7) is 5.06. The predicted octanol–water partition coefficient (Wildman–Crippen LogP) is -0.298. The van der Waals surface area contributed by atoms with Crippen molar-refractivity contribution in [2.75, 3.05) is 18.1 Å². The van der Waals surface area contributed by atoms with Crippen LogP contribution >= 0.6 is 0 Å². The Bertz CT molecular complexity index is 289. The molecule has 0 aliphatic heterocycles. The van der Waals surface area contributed by atoms with Crippen molar-refractivity contribution < 1.29 is 17.9 Å². The number of hydrogen-bond donors (Lipinski definition) is 1. The van der Waals surface area contributed by atoms with Crippen LogP contribution in [0, 0.1) is 0 Å². The molecule has 0 aromatic carbocycles. The van der Waals surface area contributed by atoms with Crippen LogP contribution in [0.3, 0.4) is 0 Å². The van der Waals surface area contributed by atoms with E-state index in [9.17, 15) is 13.2 Å². The van der Waals surface area contributed by atoms with Crippen LogP contribution in [0.5, 0.6) is 0 Å². The van der Waals surface area contributed by atoms with Crippen molar-refractivity contribution in [1.82, 2.24) is 0 Å². The van der Waals surface area contributed by atoms with Gasteiger partial charge < -0.3 is 10.5 Å². The van der Waals surface area contributed by atoms with Crippen molar-refractivity contribution >= 4 is 15.8 Å². The number of carbonyl (C=O) groups excluding carboxylic acids is 1. The van der Waals surface area contributed by atoms with E-state index in [0.717, 1.165) is 0 Å². The molecule has 0 amide bonds. The first-order chi connectivity index (χ1) is 6.16. The van der Waals surface area contributed by atoms with Crippen molar-refractivity contribution in [3.05, 3.63) is 0 Å². The van der Waals surface area contributed by atoms with Gasteiger partial charge in [0.15, 0.2) is 9.84 Å². The zero-order valence-electron chi connectivity index (χ0n) is 8.74. The lowest BCUT2D eigenvalue weighted by Gasteiger charge is -2.19. The molecule has 0 spiro atoms. The second-order valence-corrected chi connectivity index (χ2v) is 6.15. The van der Waals surface area contributed by atoms with Crippen molar-refractivity contribution in [2.45, 2.75) is 26.4 Å². The third kappa shape index (κ3) is 6.85. The maximum atomic E-state index is 11.1. The summed E-state index contributed by atoms with van der Waals surface area (Å²) in [5.41, 5.74) is 4.43. The number of nitrogens with two attached hydrogens (primary N) is 1. The van der Waals surface area contributed by atoms with Crippen molar-refractivity contribution in [3.8, 4) is 0 Å². The first-order valence-electron chi connectivity index (χ1n) is 4.28. The smallest absolute Gasteiger partial charge is 0.321 e. The average Bonchev–Trinajstić information content (AvgIpc) is 1.78. The Balaban J connectivity index is 4.21. The molecule has 0 fully saturated rings. The molecule has 0 rings (SSSR count). The second kappa shape index (κ2) is 4.75. The number of hydrogen-bond acceptors (Lipinski definition) is 5. The molecular weight excluding hydrogens is 206 g/mol. The van der Waals surface area contributed by atoms with Gasteiger partial charge in [-0.1, -0.05) is 0 Å². The van der Waals surface area contributed by atoms with Crippen LogP contribution < -0.4 is 5.73 Å². The zero-order chi connectivity index (χ0) is 11.4. The van der Waals surface area contributed by atoms with E-state index < -0.39 is 27.2 Å². The van der Waals surface area contributed by atoms with Crippen LogP contribution in [0.15, 0.2) is 0 Å². The average molecular weight is 223 g/mol. The van der Waals surface area contributed by atoms with Crippen LogP contribution in [0.1, 0.15) is 20.8 Å². The summed E-state index contributed by atoms with van der Waals surface area (Å²) in [6, 6.07) is 0. The summed E-state index contributed by atoms with van der Waals surface area (Å²) >= 11 is 0.